The fourth-order valence-electron chi connectivity index (χ4n) is 4.26. The highest BCUT2D eigenvalue weighted by atomic mass is 32.2. The number of nitro groups is 1. The molecule has 0 bridgehead atoms. The van der Waals surface area contributed by atoms with E-state index in [1.54, 1.807) is 4.72 Å². The molecule has 0 saturated carbocycles. The van der Waals surface area contributed by atoms with E-state index in [2.05, 4.69) is 5.32 Å². The van der Waals surface area contributed by atoms with Crippen LogP contribution < -0.4 is 10.0 Å². The summed E-state index contributed by atoms with van der Waals surface area (Å²) >= 11 is 1.54. The number of nitrogens with zero attached hydrogens (tertiary/aromatic N) is 1. The van der Waals surface area contributed by atoms with Crippen molar-refractivity contribution in [1.82, 2.24) is 4.72 Å². The molecule has 0 aliphatic heterocycles. The molecule has 4 rings (SSSR count). The molecule has 2 atom stereocenters. The van der Waals surface area contributed by atoms with Crippen molar-refractivity contribution in [2.75, 3.05) is 17.7 Å². The van der Waals surface area contributed by atoms with Crippen molar-refractivity contribution in [3.05, 3.63) is 113 Å². The van der Waals surface area contributed by atoms with E-state index in [9.17, 15) is 23.3 Å². The number of nitrogens with one attached hydrogen (secondary N) is 2. The highest BCUT2D eigenvalue weighted by Crippen LogP contribution is 2.32. The van der Waals surface area contributed by atoms with E-state index in [4.69, 9.17) is 4.74 Å². The lowest BCUT2D eigenvalue weighted by Gasteiger charge is -2.26. The maximum absolute atomic E-state index is 15.5. The van der Waals surface area contributed by atoms with Crippen LogP contribution in [-0.2, 0) is 19.6 Å². The summed E-state index contributed by atoms with van der Waals surface area (Å²) in [5.41, 5.74) is -2.00. The van der Waals surface area contributed by atoms with E-state index >= 15 is 4.39 Å². The lowest BCUT2D eigenvalue weighted by molar-refractivity contribution is -0.384. The zero-order valence-electron chi connectivity index (χ0n) is 24.5. The van der Waals surface area contributed by atoms with Crippen molar-refractivity contribution in [3.8, 4) is 0 Å². The Balaban J connectivity index is 1.50. The molecule has 1 amide bonds. The summed E-state index contributed by atoms with van der Waals surface area (Å²) in [6, 6.07) is 21.6. The van der Waals surface area contributed by atoms with Crippen molar-refractivity contribution < 1.29 is 27.3 Å². The van der Waals surface area contributed by atoms with Crippen LogP contribution in [0.25, 0.3) is 5.57 Å². The summed E-state index contributed by atoms with van der Waals surface area (Å²) < 4.78 is 49.4. The number of carbonyl (C=O) groups is 1. The molecular formula is C32H34FN3O6S2. The summed E-state index contributed by atoms with van der Waals surface area (Å²) in [6.07, 6.45) is 3.58. The van der Waals surface area contributed by atoms with Gasteiger partial charge in [-0.3, -0.25) is 14.9 Å². The number of halogens is 1. The molecule has 232 valence electrons. The fourth-order valence-corrected chi connectivity index (χ4v) is 6.23. The molecule has 1 aliphatic carbocycles. The standard InChI is InChI=1S/C32H34FN3O6S2/c1-31(2,3)42-21-25(22-43-26-12-8-5-9-13-26)34-28-15-14-27(20-29(28)36(38)39)44(40,41)35-30(37)32(33)18-16-24(17-19-32)23-10-6-4-7-11-23/h4-18,20,25,34H,19,21-22H2,1-3H3,(H,35,37). The summed E-state index contributed by atoms with van der Waals surface area (Å²) in [7, 11) is -4.64. The third-order valence-electron chi connectivity index (χ3n) is 6.61. The number of amides is 1. The van der Waals surface area contributed by atoms with E-state index < -0.39 is 42.7 Å². The van der Waals surface area contributed by atoms with Crippen LogP contribution in [0.1, 0.15) is 32.8 Å². The Hall–Kier alpha value is -4.00. The Morgan fingerprint density at radius 1 is 1.09 bits per heavy atom. The van der Waals surface area contributed by atoms with Crippen LogP contribution in [0.2, 0.25) is 0 Å². The number of thioether (sulfide) groups is 1. The van der Waals surface area contributed by atoms with Crippen LogP contribution in [0.4, 0.5) is 15.8 Å². The molecule has 0 spiro atoms. The quantitative estimate of drug-likeness (QED) is 0.130. The van der Waals surface area contributed by atoms with Gasteiger partial charge in [-0.05, 0) is 62.2 Å². The molecule has 2 unspecified atom stereocenters. The minimum Gasteiger partial charge on any atom is -0.374 e. The Kier molecular flexibility index (Phi) is 10.3. The number of hydrogen-bond donors (Lipinski definition) is 2. The fraction of sp³-hybridized carbons (Fsp3) is 0.281. The third kappa shape index (κ3) is 8.77. The van der Waals surface area contributed by atoms with Crippen LogP contribution in [0, 0.1) is 10.1 Å². The Morgan fingerprint density at radius 2 is 1.75 bits per heavy atom. The molecule has 12 heteroatoms. The van der Waals surface area contributed by atoms with Crippen molar-refractivity contribution in [2.24, 2.45) is 0 Å². The second-order valence-corrected chi connectivity index (χ2v) is 14.0. The first-order chi connectivity index (χ1) is 20.8. The smallest absolute Gasteiger partial charge is 0.293 e. The number of allylic oxidation sites excluding steroid dienone is 3. The first kappa shape index (κ1) is 32.9. The van der Waals surface area contributed by atoms with Gasteiger partial charge in [-0.2, -0.15) is 0 Å². The highest BCUT2D eigenvalue weighted by Gasteiger charge is 2.39. The van der Waals surface area contributed by atoms with Gasteiger partial charge in [0.15, 0.2) is 0 Å². The number of sulfonamides is 1. The van der Waals surface area contributed by atoms with E-state index in [1.165, 1.54) is 30.0 Å². The molecular weight excluding hydrogens is 605 g/mol. The van der Waals surface area contributed by atoms with Crippen molar-refractivity contribution >= 4 is 44.6 Å². The summed E-state index contributed by atoms with van der Waals surface area (Å²) in [6.45, 7) is 5.92. The van der Waals surface area contributed by atoms with Crippen LogP contribution in [0.15, 0.2) is 107 Å². The SMILES string of the molecule is CC(C)(C)OCC(CSc1ccccc1)Nc1ccc(S(=O)(=O)NC(=O)C2(F)C=CC(c3ccccc3)=CC2)cc1[N+](=O)[O-]. The zero-order valence-corrected chi connectivity index (χ0v) is 26.2. The highest BCUT2D eigenvalue weighted by molar-refractivity contribution is 7.99. The average Bonchev–Trinajstić information content (AvgIpc) is 2.99. The largest absolute Gasteiger partial charge is 0.374 e. The number of carbonyl (C=O) groups excluding carboxylic acids is 1. The molecule has 0 heterocycles. The topological polar surface area (TPSA) is 128 Å². The Bertz CT molecular complexity index is 1660. The van der Waals surface area contributed by atoms with Crippen LogP contribution >= 0.6 is 11.8 Å². The molecule has 2 N–H and O–H groups in total. The normalized spacial score (nSPS) is 17.4. The van der Waals surface area contributed by atoms with Gasteiger partial charge in [0, 0.05) is 23.1 Å². The molecule has 1 aliphatic rings. The van der Waals surface area contributed by atoms with Gasteiger partial charge in [0.05, 0.1) is 28.1 Å². The van der Waals surface area contributed by atoms with E-state index in [1.807, 2.05) is 81.4 Å². The number of rotatable bonds is 12. The maximum Gasteiger partial charge on any atom is 0.293 e. The number of ether oxygens (including phenoxy) is 1. The van der Waals surface area contributed by atoms with Crippen LogP contribution in [0.5, 0.6) is 0 Å². The van der Waals surface area contributed by atoms with Gasteiger partial charge in [0.1, 0.15) is 5.69 Å². The van der Waals surface area contributed by atoms with Gasteiger partial charge < -0.3 is 10.1 Å². The van der Waals surface area contributed by atoms with E-state index in [-0.39, 0.29) is 24.8 Å². The van der Waals surface area contributed by atoms with Gasteiger partial charge in [-0.1, -0.05) is 60.7 Å². The second-order valence-electron chi connectivity index (χ2n) is 11.2. The van der Waals surface area contributed by atoms with Crippen molar-refractivity contribution in [2.45, 2.75) is 54.3 Å². The number of benzene rings is 3. The number of hydrogen-bond acceptors (Lipinski definition) is 8. The summed E-state index contributed by atoms with van der Waals surface area (Å²) in [5, 5.41) is 15.1. The molecule has 0 fully saturated rings. The van der Waals surface area contributed by atoms with Gasteiger partial charge in [-0.25, -0.2) is 17.5 Å². The average molecular weight is 640 g/mol. The monoisotopic (exact) mass is 639 g/mol. The van der Waals surface area contributed by atoms with E-state index in [0.29, 0.717) is 11.3 Å². The lowest BCUT2D eigenvalue weighted by atomic mass is 9.90. The van der Waals surface area contributed by atoms with Crippen molar-refractivity contribution in [3.63, 3.8) is 0 Å². The molecule has 3 aromatic rings. The Labute approximate surface area is 260 Å². The lowest BCUT2D eigenvalue weighted by Crippen LogP contribution is -2.45. The second kappa shape index (κ2) is 13.7. The zero-order chi connectivity index (χ0) is 32.0. The van der Waals surface area contributed by atoms with E-state index in [0.717, 1.165) is 28.7 Å². The minimum atomic E-state index is -4.64. The van der Waals surface area contributed by atoms with Crippen LogP contribution in [0.3, 0.4) is 0 Å². The molecule has 0 saturated heterocycles. The number of nitro benzene ring substituents is 1. The number of alkyl halides is 1. The van der Waals surface area contributed by atoms with Gasteiger partial charge in [0.2, 0.25) is 5.67 Å². The molecule has 44 heavy (non-hydrogen) atoms. The minimum absolute atomic E-state index is 0.0761. The molecule has 9 nitrogen and oxygen atoms in total. The maximum atomic E-state index is 15.5. The van der Waals surface area contributed by atoms with Gasteiger partial charge in [-0.15, -0.1) is 11.8 Å². The summed E-state index contributed by atoms with van der Waals surface area (Å²) in [4.78, 5) is 24.6. The summed E-state index contributed by atoms with van der Waals surface area (Å²) in [5.74, 6) is -0.890. The van der Waals surface area contributed by atoms with Gasteiger partial charge in [0.25, 0.3) is 21.6 Å². The molecule has 0 radical (unpaired) electrons. The predicted octanol–water partition coefficient (Wildman–Crippen LogP) is 6.54. The first-order valence-corrected chi connectivity index (χ1v) is 16.3. The molecule has 0 aromatic heterocycles. The third-order valence-corrected chi connectivity index (χ3v) is 9.11. The predicted molar refractivity (Wildman–Crippen MR) is 171 cm³/mol. The Morgan fingerprint density at radius 3 is 2.34 bits per heavy atom. The van der Waals surface area contributed by atoms with Crippen molar-refractivity contribution in [1.29, 1.82) is 0 Å². The van der Waals surface area contributed by atoms with Gasteiger partial charge >= 0.3 is 0 Å². The van der Waals surface area contributed by atoms with Crippen LogP contribution in [-0.4, -0.2) is 48.9 Å². The molecule has 3 aromatic carbocycles. The first-order valence-electron chi connectivity index (χ1n) is 13.8. The number of anilines is 1.